The Morgan fingerprint density at radius 1 is 1.17 bits per heavy atom. The minimum absolute atomic E-state index is 0.0252. The van der Waals surface area contributed by atoms with E-state index in [0.29, 0.717) is 78.6 Å². The summed E-state index contributed by atoms with van der Waals surface area (Å²) < 4.78 is 15.9. The second-order valence-electron chi connectivity index (χ2n) is 7.94. The topological polar surface area (TPSA) is 110 Å². The van der Waals surface area contributed by atoms with Crippen molar-refractivity contribution in [2.45, 2.75) is 6.42 Å². The van der Waals surface area contributed by atoms with Crippen LogP contribution in [0, 0.1) is 0 Å². The molecule has 3 amide bonds. The fourth-order valence-corrected chi connectivity index (χ4v) is 3.71. The smallest absolute Gasteiger partial charge is 0.321 e. The second kappa shape index (κ2) is 11.2. The van der Waals surface area contributed by atoms with E-state index in [2.05, 4.69) is 15.5 Å². The first-order valence-electron chi connectivity index (χ1n) is 11.1. The molecule has 4 rings (SSSR count). The average Bonchev–Trinajstić information content (AvgIpc) is 3.36. The summed E-state index contributed by atoms with van der Waals surface area (Å²) in [5, 5.41) is 7.28. The molecule has 0 unspecified atom stereocenters. The van der Waals surface area contributed by atoms with Gasteiger partial charge in [0.05, 0.1) is 26.0 Å². The van der Waals surface area contributed by atoms with Crippen LogP contribution in [0.25, 0.3) is 11.5 Å². The van der Waals surface area contributed by atoms with E-state index in [4.69, 9.17) is 25.6 Å². The van der Waals surface area contributed by atoms with Crippen LogP contribution >= 0.6 is 11.6 Å². The molecule has 0 bridgehead atoms. The number of hydrogen-bond donors (Lipinski definition) is 1. The van der Waals surface area contributed by atoms with Crippen molar-refractivity contribution in [3.63, 3.8) is 0 Å². The molecule has 184 valence electrons. The van der Waals surface area contributed by atoms with Crippen molar-refractivity contribution in [1.82, 2.24) is 19.9 Å². The summed E-state index contributed by atoms with van der Waals surface area (Å²) in [6.45, 7) is 2.65. The lowest BCUT2D eigenvalue weighted by atomic mass is 10.1. The van der Waals surface area contributed by atoms with Gasteiger partial charge in [0.25, 0.3) is 11.8 Å². The van der Waals surface area contributed by atoms with Gasteiger partial charge in [-0.05, 0) is 42.5 Å². The molecule has 1 aliphatic rings. The van der Waals surface area contributed by atoms with Gasteiger partial charge in [-0.3, -0.25) is 4.79 Å². The first kappa shape index (κ1) is 24.5. The monoisotopic (exact) mass is 499 g/mol. The van der Waals surface area contributed by atoms with Crippen molar-refractivity contribution in [3.05, 3.63) is 58.9 Å². The number of carbonyl (C=O) groups is 2. The molecule has 1 saturated heterocycles. The maximum atomic E-state index is 12.6. The summed E-state index contributed by atoms with van der Waals surface area (Å²) in [6.07, 6.45) is 0.397. The van der Waals surface area contributed by atoms with Gasteiger partial charge >= 0.3 is 6.03 Å². The van der Waals surface area contributed by atoms with Crippen LogP contribution < -0.4 is 10.1 Å². The number of rotatable bonds is 7. The number of benzene rings is 2. The van der Waals surface area contributed by atoms with E-state index in [0.717, 1.165) is 0 Å². The molecule has 3 aromatic rings. The lowest BCUT2D eigenvalue weighted by Crippen LogP contribution is -2.40. The third-order valence-electron chi connectivity index (χ3n) is 5.57. The highest BCUT2D eigenvalue weighted by molar-refractivity contribution is 6.31. The fourth-order valence-electron chi connectivity index (χ4n) is 3.53. The molecule has 0 aliphatic carbocycles. The second-order valence-corrected chi connectivity index (χ2v) is 8.38. The summed E-state index contributed by atoms with van der Waals surface area (Å²) in [7, 11) is 3.18. The standard InChI is InChI=1S/C24H26ClN5O5/c1-29(24(32)26-19-15-18(25)7-8-20(19)33-2)10-9-21-27-22(35-28-21)16-3-5-17(6-4-16)23(31)30-11-13-34-14-12-30/h3-8,15H,9-14H2,1-2H3,(H,26,32). The predicted octanol–water partition coefficient (Wildman–Crippen LogP) is 3.58. The molecule has 1 aliphatic heterocycles. The van der Waals surface area contributed by atoms with Crippen LogP contribution in [0.1, 0.15) is 16.2 Å². The third-order valence-corrected chi connectivity index (χ3v) is 5.80. The molecule has 0 spiro atoms. The Hall–Kier alpha value is -3.63. The van der Waals surface area contributed by atoms with Crippen molar-refractivity contribution >= 4 is 29.2 Å². The van der Waals surface area contributed by atoms with E-state index >= 15 is 0 Å². The zero-order valence-corrected chi connectivity index (χ0v) is 20.2. The number of amides is 3. The van der Waals surface area contributed by atoms with Gasteiger partial charge in [0.2, 0.25) is 0 Å². The van der Waals surface area contributed by atoms with Crippen LogP contribution in [-0.2, 0) is 11.2 Å². The molecular weight excluding hydrogens is 474 g/mol. The summed E-state index contributed by atoms with van der Waals surface area (Å²) >= 11 is 6.02. The highest BCUT2D eigenvalue weighted by Gasteiger charge is 2.19. The van der Waals surface area contributed by atoms with E-state index in [-0.39, 0.29) is 11.9 Å². The quantitative estimate of drug-likeness (QED) is 0.529. The van der Waals surface area contributed by atoms with Gasteiger partial charge in [-0.2, -0.15) is 4.98 Å². The van der Waals surface area contributed by atoms with Crippen LogP contribution in [0.3, 0.4) is 0 Å². The van der Waals surface area contributed by atoms with Gasteiger partial charge < -0.3 is 29.1 Å². The lowest BCUT2D eigenvalue weighted by Gasteiger charge is -2.26. The van der Waals surface area contributed by atoms with Crippen molar-refractivity contribution < 1.29 is 23.6 Å². The number of nitrogens with zero attached hydrogens (tertiary/aromatic N) is 4. The maximum absolute atomic E-state index is 12.6. The number of ether oxygens (including phenoxy) is 2. The molecule has 11 heteroatoms. The molecule has 1 N–H and O–H groups in total. The zero-order valence-electron chi connectivity index (χ0n) is 19.5. The molecule has 1 fully saturated rings. The van der Waals surface area contributed by atoms with Gasteiger partial charge in [-0.1, -0.05) is 16.8 Å². The number of likely N-dealkylation sites (N-methyl/N-ethyl adjacent to an activating group) is 1. The number of methoxy groups -OCH3 is 1. The number of hydrogen-bond acceptors (Lipinski definition) is 7. The van der Waals surface area contributed by atoms with E-state index < -0.39 is 0 Å². The highest BCUT2D eigenvalue weighted by atomic mass is 35.5. The van der Waals surface area contributed by atoms with Crippen LogP contribution in [-0.4, -0.2) is 78.9 Å². The van der Waals surface area contributed by atoms with E-state index in [1.165, 1.54) is 12.0 Å². The normalized spacial score (nSPS) is 13.4. The van der Waals surface area contributed by atoms with Gasteiger partial charge in [-0.15, -0.1) is 0 Å². The lowest BCUT2D eigenvalue weighted by molar-refractivity contribution is 0.0303. The first-order chi connectivity index (χ1) is 16.9. The Kier molecular flexibility index (Phi) is 7.84. The van der Waals surface area contributed by atoms with Crippen LogP contribution in [0.4, 0.5) is 10.5 Å². The Balaban J connectivity index is 1.32. The Labute approximate surface area is 207 Å². The predicted molar refractivity (Wildman–Crippen MR) is 130 cm³/mol. The number of aromatic nitrogens is 2. The number of anilines is 1. The summed E-state index contributed by atoms with van der Waals surface area (Å²) in [5.74, 6) is 1.30. The fraction of sp³-hybridized carbons (Fsp3) is 0.333. The Bertz CT molecular complexity index is 1180. The van der Waals surface area contributed by atoms with Gasteiger partial charge in [0.1, 0.15) is 5.75 Å². The van der Waals surface area contributed by atoms with Crippen molar-refractivity contribution in [1.29, 1.82) is 0 Å². The Morgan fingerprint density at radius 2 is 1.91 bits per heavy atom. The third kappa shape index (κ3) is 6.09. The van der Waals surface area contributed by atoms with E-state index in [1.54, 1.807) is 54.4 Å². The highest BCUT2D eigenvalue weighted by Crippen LogP contribution is 2.28. The molecule has 2 heterocycles. The first-order valence-corrected chi connectivity index (χ1v) is 11.5. The molecule has 2 aromatic carbocycles. The van der Waals surface area contributed by atoms with Crippen LogP contribution in [0.5, 0.6) is 5.75 Å². The summed E-state index contributed by atoms with van der Waals surface area (Å²) in [6, 6.07) is 11.7. The van der Waals surface area contributed by atoms with E-state index in [1.807, 2.05) is 0 Å². The molecule has 35 heavy (non-hydrogen) atoms. The number of urea groups is 1. The van der Waals surface area contributed by atoms with Crippen LogP contribution in [0.15, 0.2) is 47.0 Å². The molecule has 0 atom stereocenters. The van der Waals surface area contributed by atoms with Gasteiger partial charge in [0, 0.05) is 49.3 Å². The van der Waals surface area contributed by atoms with Crippen LogP contribution in [0.2, 0.25) is 5.02 Å². The van der Waals surface area contributed by atoms with Crippen molar-refractivity contribution in [3.8, 4) is 17.2 Å². The minimum Gasteiger partial charge on any atom is -0.495 e. The summed E-state index contributed by atoms with van der Waals surface area (Å²) in [4.78, 5) is 32.8. The number of halogens is 1. The minimum atomic E-state index is -0.324. The van der Waals surface area contributed by atoms with Crippen molar-refractivity contribution in [2.24, 2.45) is 0 Å². The van der Waals surface area contributed by atoms with Crippen molar-refractivity contribution in [2.75, 3.05) is 52.3 Å². The average molecular weight is 500 g/mol. The van der Waals surface area contributed by atoms with E-state index in [9.17, 15) is 9.59 Å². The SMILES string of the molecule is COc1ccc(Cl)cc1NC(=O)N(C)CCc1noc(-c2ccc(C(=O)N3CCOCC3)cc2)n1. The Morgan fingerprint density at radius 3 is 2.63 bits per heavy atom. The molecule has 1 aromatic heterocycles. The number of nitrogens with one attached hydrogen (secondary N) is 1. The number of morpholine rings is 1. The number of carbonyl (C=O) groups excluding carboxylic acids is 2. The molecular formula is C24H26ClN5O5. The van der Waals surface area contributed by atoms with Gasteiger partial charge in [-0.25, -0.2) is 4.79 Å². The van der Waals surface area contributed by atoms with Gasteiger partial charge in [0.15, 0.2) is 5.82 Å². The molecule has 0 radical (unpaired) electrons. The largest absolute Gasteiger partial charge is 0.495 e. The molecule has 0 saturated carbocycles. The zero-order chi connectivity index (χ0) is 24.8. The maximum Gasteiger partial charge on any atom is 0.321 e. The summed E-state index contributed by atoms with van der Waals surface area (Å²) in [5.41, 5.74) is 1.79. The molecule has 10 nitrogen and oxygen atoms in total.